The van der Waals surface area contributed by atoms with Gasteiger partial charge in [0.15, 0.2) is 0 Å². The van der Waals surface area contributed by atoms with Crippen LogP contribution in [0.4, 0.5) is 4.39 Å². The quantitative estimate of drug-likeness (QED) is 0.837. The van der Waals surface area contributed by atoms with Crippen LogP contribution in [0.15, 0.2) is 34.9 Å². The van der Waals surface area contributed by atoms with E-state index < -0.39 is 11.9 Å². The first-order valence-electron chi connectivity index (χ1n) is 7.03. The summed E-state index contributed by atoms with van der Waals surface area (Å²) in [5.41, 5.74) is 1.05. The highest BCUT2D eigenvalue weighted by Crippen LogP contribution is 2.35. The van der Waals surface area contributed by atoms with Crippen LogP contribution in [0.25, 0.3) is 0 Å². The Morgan fingerprint density at radius 3 is 2.78 bits per heavy atom. The molecule has 0 aromatic heterocycles. The van der Waals surface area contributed by atoms with E-state index in [-0.39, 0.29) is 30.5 Å². The Bertz CT molecular complexity index is 680. The first-order valence-corrected chi connectivity index (χ1v) is 8.01. The SMILES string of the molecule is CCOC(=O)CSC1=C(C#N)[C@@H](c2ccc(F)cc2)CC(=O)N1. The third-order valence-electron chi connectivity index (χ3n) is 3.27. The maximum Gasteiger partial charge on any atom is 0.316 e. The fourth-order valence-electron chi connectivity index (χ4n) is 2.25. The average Bonchev–Trinajstić information content (AvgIpc) is 2.53. The molecule has 1 N–H and O–H groups in total. The molecule has 0 saturated heterocycles. The van der Waals surface area contributed by atoms with E-state index in [2.05, 4.69) is 11.4 Å². The molecule has 0 saturated carbocycles. The molecular formula is C16H15FN2O3S. The summed E-state index contributed by atoms with van der Waals surface area (Å²) < 4.78 is 17.9. The Morgan fingerprint density at radius 1 is 1.48 bits per heavy atom. The van der Waals surface area contributed by atoms with Crippen molar-refractivity contribution in [2.24, 2.45) is 0 Å². The van der Waals surface area contributed by atoms with E-state index >= 15 is 0 Å². The second kappa shape index (κ2) is 7.79. The van der Waals surface area contributed by atoms with Crippen molar-refractivity contribution in [2.45, 2.75) is 19.3 Å². The molecule has 1 heterocycles. The van der Waals surface area contributed by atoms with Crippen LogP contribution in [-0.2, 0) is 14.3 Å². The molecule has 1 amide bonds. The lowest BCUT2D eigenvalue weighted by Crippen LogP contribution is -2.31. The first-order chi connectivity index (χ1) is 11.0. The predicted molar refractivity (Wildman–Crippen MR) is 83.6 cm³/mol. The number of carbonyl (C=O) groups is 2. The van der Waals surface area contributed by atoms with Crippen LogP contribution < -0.4 is 5.32 Å². The highest BCUT2D eigenvalue weighted by molar-refractivity contribution is 8.03. The van der Waals surface area contributed by atoms with Crippen LogP contribution in [0.1, 0.15) is 24.8 Å². The molecule has 23 heavy (non-hydrogen) atoms. The summed E-state index contributed by atoms with van der Waals surface area (Å²) in [5, 5.41) is 12.4. The summed E-state index contributed by atoms with van der Waals surface area (Å²) in [6.07, 6.45) is 0.109. The number of amides is 1. The van der Waals surface area contributed by atoms with Crippen molar-refractivity contribution in [3.63, 3.8) is 0 Å². The number of thioether (sulfide) groups is 1. The van der Waals surface area contributed by atoms with Gasteiger partial charge in [-0.05, 0) is 24.6 Å². The zero-order valence-electron chi connectivity index (χ0n) is 12.5. The molecule has 5 nitrogen and oxygen atoms in total. The number of rotatable bonds is 5. The smallest absolute Gasteiger partial charge is 0.316 e. The van der Waals surface area contributed by atoms with Gasteiger partial charge in [0, 0.05) is 12.3 Å². The van der Waals surface area contributed by atoms with Crippen LogP contribution in [-0.4, -0.2) is 24.2 Å². The minimum absolute atomic E-state index is 0.00473. The summed E-state index contributed by atoms with van der Waals surface area (Å²) >= 11 is 1.06. The van der Waals surface area contributed by atoms with Gasteiger partial charge in [0.25, 0.3) is 0 Å². The fraction of sp³-hybridized carbons (Fsp3) is 0.312. The molecule has 1 aliphatic rings. The second-order valence-electron chi connectivity index (χ2n) is 4.80. The molecule has 0 bridgehead atoms. The summed E-state index contributed by atoms with van der Waals surface area (Å²) in [5.74, 6) is -1.48. The van der Waals surface area contributed by atoms with Crippen molar-refractivity contribution in [3.8, 4) is 6.07 Å². The highest BCUT2D eigenvalue weighted by atomic mass is 32.2. The van der Waals surface area contributed by atoms with Crippen LogP contribution in [0.2, 0.25) is 0 Å². The van der Waals surface area contributed by atoms with Gasteiger partial charge in [0.05, 0.1) is 29.0 Å². The molecule has 0 spiro atoms. The van der Waals surface area contributed by atoms with Gasteiger partial charge < -0.3 is 10.1 Å². The number of nitrogens with zero attached hydrogens (tertiary/aromatic N) is 1. The first kappa shape index (κ1) is 17.0. The molecule has 1 aliphatic heterocycles. The molecule has 1 aromatic rings. The fourth-order valence-corrected chi connectivity index (χ4v) is 3.12. The lowest BCUT2D eigenvalue weighted by Gasteiger charge is -2.24. The second-order valence-corrected chi connectivity index (χ2v) is 5.79. The molecule has 0 unspecified atom stereocenters. The molecular weight excluding hydrogens is 319 g/mol. The van der Waals surface area contributed by atoms with Gasteiger partial charge in [-0.1, -0.05) is 23.9 Å². The van der Waals surface area contributed by atoms with Crippen LogP contribution in [0, 0.1) is 17.1 Å². The molecule has 1 aromatic carbocycles. The molecule has 7 heteroatoms. The van der Waals surface area contributed by atoms with Gasteiger partial charge in [0.2, 0.25) is 5.91 Å². The van der Waals surface area contributed by atoms with Crippen molar-refractivity contribution in [2.75, 3.05) is 12.4 Å². The molecule has 2 rings (SSSR count). The van der Waals surface area contributed by atoms with Crippen molar-refractivity contribution < 1.29 is 18.7 Å². The lowest BCUT2D eigenvalue weighted by atomic mass is 9.87. The van der Waals surface area contributed by atoms with E-state index in [1.165, 1.54) is 12.1 Å². The number of halogens is 1. The van der Waals surface area contributed by atoms with Crippen molar-refractivity contribution in [1.82, 2.24) is 5.32 Å². The zero-order valence-corrected chi connectivity index (χ0v) is 13.3. The van der Waals surface area contributed by atoms with Crippen LogP contribution in [0.3, 0.4) is 0 Å². The number of benzene rings is 1. The number of hydrogen-bond acceptors (Lipinski definition) is 5. The molecule has 0 aliphatic carbocycles. The van der Waals surface area contributed by atoms with E-state index in [0.29, 0.717) is 16.2 Å². The summed E-state index contributed by atoms with van der Waals surface area (Å²) in [6.45, 7) is 1.98. The number of carbonyl (C=O) groups excluding carboxylic acids is 2. The van der Waals surface area contributed by atoms with Crippen molar-refractivity contribution in [3.05, 3.63) is 46.2 Å². The maximum absolute atomic E-state index is 13.1. The van der Waals surface area contributed by atoms with E-state index in [4.69, 9.17) is 4.74 Å². The predicted octanol–water partition coefficient (Wildman–Crippen LogP) is 2.46. The Labute approximate surface area is 137 Å². The van der Waals surface area contributed by atoms with Crippen molar-refractivity contribution in [1.29, 1.82) is 5.26 Å². The standard InChI is InChI=1S/C16H15FN2O3S/c1-2-22-15(21)9-23-16-13(8-18)12(7-14(20)19-16)10-3-5-11(17)6-4-10/h3-6,12H,2,7,9H2,1H3,(H,19,20)/t12-/m1/s1. The number of ether oxygens (including phenoxy) is 1. The summed E-state index contributed by atoms with van der Waals surface area (Å²) in [4.78, 5) is 23.3. The van der Waals surface area contributed by atoms with Gasteiger partial charge in [-0.3, -0.25) is 9.59 Å². The number of allylic oxidation sites excluding steroid dienone is 1. The van der Waals surface area contributed by atoms with E-state index in [9.17, 15) is 19.2 Å². The third kappa shape index (κ3) is 4.33. The topological polar surface area (TPSA) is 79.2 Å². The Morgan fingerprint density at radius 2 is 2.17 bits per heavy atom. The van der Waals surface area contributed by atoms with Crippen molar-refractivity contribution >= 4 is 23.6 Å². The van der Waals surface area contributed by atoms with Gasteiger partial charge in [-0.15, -0.1) is 0 Å². The van der Waals surface area contributed by atoms with Gasteiger partial charge in [0.1, 0.15) is 5.82 Å². The number of nitrogens with one attached hydrogen (secondary N) is 1. The lowest BCUT2D eigenvalue weighted by molar-refractivity contribution is -0.139. The number of hydrogen-bond donors (Lipinski definition) is 1. The normalized spacial score (nSPS) is 17.4. The monoisotopic (exact) mass is 334 g/mol. The Balaban J connectivity index is 2.26. The van der Waals surface area contributed by atoms with Crippen LogP contribution >= 0.6 is 11.8 Å². The number of nitriles is 1. The summed E-state index contributed by atoms with van der Waals surface area (Å²) in [7, 11) is 0. The minimum Gasteiger partial charge on any atom is -0.465 e. The maximum atomic E-state index is 13.1. The van der Waals surface area contributed by atoms with Gasteiger partial charge in [-0.25, -0.2) is 4.39 Å². The molecule has 1 atom stereocenters. The number of esters is 1. The summed E-state index contributed by atoms with van der Waals surface area (Å²) in [6, 6.07) is 7.80. The highest BCUT2D eigenvalue weighted by Gasteiger charge is 2.29. The van der Waals surface area contributed by atoms with Gasteiger partial charge in [-0.2, -0.15) is 5.26 Å². The van der Waals surface area contributed by atoms with Gasteiger partial charge >= 0.3 is 5.97 Å². The Hall–Kier alpha value is -2.33. The van der Waals surface area contributed by atoms with E-state index in [1.807, 2.05) is 0 Å². The largest absolute Gasteiger partial charge is 0.465 e. The van der Waals surface area contributed by atoms with E-state index in [0.717, 1.165) is 11.8 Å². The third-order valence-corrected chi connectivity index (χ3v) is 4.26. The Kier molecular flexibility index (Phi) is 5.77. The van der Waals surface area contributed by atoms with E-state index in [1.54, 1.807) is 19.1 Å². The zero-order chi connectivity index (χ0) is 16.8. The minimum atomic E-state index is -0.445. The molecule has 0 radical (unpaired) electrons. The molecule has 0 fully saturated rings. The molecule has 120 valence electrons. The average molecular weight is 334 g/mol. The van der Waals surface area contributed by atoms with Crippen LogP contribution in [0.5, 0.6) is 0 Å².